The number of hydrogen-bond acceptors (Lipinski definition) is 3. The van der Waals surface area contributed by atoms with Gasteiger partial charge in [-0.1, -0.05) is 12.8 Å². The average molecular weight is 228 g/mol. The molecule has 0 amide bonds. The number of ether oxygens (including phenoxy) is 1. The van der Waals surface area contributed by atoms with E-state index in [0.717, 1.165) is 12.8 Å². The summed E-state index contributed by atoms with van der Waals surface area (Å²) in [6.45, 7) is 5.39. The first-order valence-corrected chi connectivity index (χ1v) is 5.77. The van der Waals surface area contributed by atoms with E-state index in [1.54, 1.807) is 20.8 Å². The molecule has 0 aromatic heterocycles. The van der Waals surface area contributed by atoms with Crippen LogP contribution in [0, 0.1) is 11.8 Å². The van der Waals surface area contributed by atoms with Crippen molar-refractivity contribution in [1.82, 2.24) is 0 Å². The van der Waals surface area contributed by atoms with Gasteiger partial charge < -0.3 is 9.84 Å². The quantitative estimate of drug-likeness (QED) is 0.736. The molecule has 1 N–H and O–H groups in total. The maximum Gasteiger partial charge on any atom is 0.310 e. The van der Waals surface area contributed by atoms with Gasteiger partial charge in [-0.25, -0.2) is 0 Å². The third kappa shape index (κ3) is 3.51. The van der Waals surface area contributed by atoms with Crippen LogP contribution in [0.25, 0.3) is 0 Å². The molecule has 1 fully saturated rings. The van der Waals surface area contributed by atoms with E-state index >= 15 is 0 Å². The molecule has 0 heterocycles. The maximum atomic E-state index is 11.8. The number of esters is 1. The van der Waals surface area contributed by atoms with Crippen LogP contribution in [0.15, 0.2) is 0 Å². The molecular weight excluding hydrogens is 208 g/mol. The molecule has 2 atom stereocenters. The lowest BCUT2D eigenvalue weighted by Gasteiger charge is -2.30. The highest BCUT2D eigenvalue weighted by Crippen LogP contribution is 2.32. The predicted octanol–water partition coefficient (Wildman–Crippen LogP) is 2.22. The van der Waals surface area contributed by atoms with Crippen LogP contribution >= 0.6 is 0 Å². The highest BCUT2D eigenvalue weighted by Gasteiger charge is 2.38. The van der Waals surface area contributed by atoms with Crippen molar-refractivity contribution in [3.8, 4) is 0 Å². The Morgan fingerprint density at radius 1 is 1.12 bits per heavy atom. The van der Waals surface area contributed by atoms with E-state index in [0.29, 0.717) is 12.8 Å². The molecule has 0 radical (unpaired) electrons. The van der Waals surface area contributed by atoms with Crippen molar-refractivity contribution in [2.75, 3.05) is 0 Å². The number of carboxylic acids is 1. The fourth-order valence-corrected chi connectivity index (χ4v) is 2.09. The van der Waals surface area contributed by atoms with Gasteiger partial charge in [0, 0.05) is 0 Å². The topological polar surface area (TPSA) is 63.6 Å². The van der Waals surface area contributed by atoms with E-state index in [2.05, 4.69) is 0 Å². The van der Waals surface area contributed by atoms with Gasteiger partial charge >= 0.3 is 11.9 Å². The molecule has 0 unspecified atom stereocenters. The number of rotatable bonds is 2. The van der Waals surface area contributed by atoms with Gasteiger partial charge in [-0.2, -0.15) is 0 Å². The summed E-state index contributed by atoms with van der Waals surface area (Å²) in [5.74, 6) is -2.27. The molecule has 0 aromatic rings. The van der Waals surface area contributed by atoms with Crippen molar-refractivity contribution >= 4 is 11.9 Å². The first kappa shape index (κ1) is 13.0. The largest absolute Gasteiger partial charge is 0.481 e. The summed E-state index contributed by atoms with van der Waals surface area (Å²) in [7, 11) is 0. The molecule has 0 aromatic carbocycles. The van der Waals surface area contributed by atoms with Crippen LogP contribution < -0.4 is 0 Å². The summed E-state index contributed by atoms with van der Waals surface area (Å²) in [4.78, 5) is 22.9. The molecule has 0 spiro atoms. The second-order valence-corrected chi connectivity index (χ2v) is 5.37. The maximum absolute atomic E-state index is 11.8. The third-order valence-corrected chi connectivity index (χ3v) is 2.79. The van der Waals surface area contributed by atoms with E-state index in [9.17, 15) is 9.59 Å². The minimum atomic E-state index is -0.879. The van der Waals surface area contributed by atoms with Crippen molar-refractivity contribution in [1.29, 1.82) is 0 Å². The van der Waals surface area contributed by atoms with Crippen LogP contribution in [0.1, 0.15) is 46.5 Å². The van der Waals surface area contributed by atoms with E-state index in [1.807, 2.05) is 0 Å². The summed E-state index contributed by atoms with van der Waals surface area (Å²) in [5.41, 5.74) is -0.544. The molecule has 0 saturated heterocycles. The lowest BCUT2D eigenvalue weighted by molar-refractivity contribution is -0.168. The van der Waals surface area contributed by atoms with Gasteiger partial charge in [-0.15, -0.1) is 0 Å². The predicted molar refractivity (Wildman–Crippen MR) is 58.9 cm³/mol. The zero-order valence-corrected chi connectivity index (χ0v) is 10.2. The molecule has 1 aliphatic carbocycles. The number of carbonyl (C=O) groups is 2. The van der Waals surface area contributed by atoms with E-state index in [1.165, 1.54) is 0 Å². The molecule has 0 bridgehead atoms. The zero-order chi connectivity index (χ0) is 12.3. The molecule has 16 heavy (non-hydrogen) atoms. The fourth-order valence-electron chi connectivity index (χ4n) is 2.09. The Morgan fingerprint density at radius 2 is 1.62 bits per heavy atom. The number of carboxylic acid groups (broad SMARTS) is 1. The Kier molecular flexibility index (Phi) is 3.94. The molecule has 1 rings (SSSR count). The molecule has 92 valence electrons. The Balaban J connectivity index is 2.68. The SMILES string of the molecule is CC(C)(C)OC(=O)[C@H]1CCCC[C@@H]1C(=O)O. The average Bonchev–Trinajstić information content (AvgIpc) is 2.15. The Hall–Kier alpha value is -1.06. The first-order valence-electron chi connectivity index (χ1n) is 5.77. The van der Waals surface area contributed by atoms with Gasteiger partial charge in [-0.05, 0) is 33.6 Å². The van der Waals surface area contributed by atoms with Gasteiger partial charge in [0.15, 0.2) is 0 Å². The summed E-state index contributed by atoms with van der Waals surface area (Å²) in [6, 6.07) is 0. The highest BCUT2D eigenvalue weighted by molar-refractivity contribution is 5.81. The Bertz CT molecular complexity index is 277. The van der Waals surface area contributed by atoms with Crippen molar-refractivity contribution in [3.05, 3.63) is 0 Å². The monoisotopic (exact) mass is 228 g/mol. The summed E-state index contributed by atoms with van der Waals surface area (Å²) < 4.78 is 5.26. The van der Waals surface area contributed by atoms with E-state index < -0.39 is 23.4 Å². The first-order chi connectivity index (χ1) is 7.31. The van der Waals surface area contributed by atoms with Gasteiger partial charge in [0.1, 0.15) is 5.60 Å². The standard InChI is InChI=1S/C12H20O4/c1-12(2,3)16-11(15)9-7-5-4-6-8(9)10(13)14/h8-9H,4-7H2,1-3H3,(H,13,14)/t8-,9-/m0/s1. The highest BCUT2D eigenvalue weighted by atomic mass is 16.6. The van der Waals surface area contributed by atoms with Crippen molar-refractivity contribution in [2.45, 2.75) is 52.1 Å². The minimum Gasteiger partial charge on any atom is -0.481 e. The lowest BCUT2D eigenvalue weighted by Crippen LogP contribution is -2.37. The second-order valence-electron chi connectivity index (χ2n) is 5.37. The van der Waals surface area contributed by atoms with E-state index in [-0.39, 0.29) is 5.97 Å². The fraction of sp³-hybridized carbons (Fsp3) is 0.833. The van der Waals surface area contributed by atoms with Crippen molar-refractivity contribution in [3.63, 3.8) is 0 Å². The Labute approximate surface area is 96.0 Å². The third-order valence-electron chi connectivity index (χ3n) is 2.79. The molecular formula is C12H20O4. The molecule has 4 heteroatoms. The van der Waals surface area contributed by atoms with E-state index in [4.69, 9.17) is 9.84 Å². The van der Waals surface area contributed by atoms with Crippen LogP contribution in [-0.2, 0) is 14.3 Å². The number of carbonyl (C=O) groups excluding carboxylic acids is 1. The Morgan fingerprint density at radius 3 is 2.06 bits per heavy atom. The smallest absolute Gasteiger partial charge is 0.310 e. The van der Waals surface area contributed by atoms with Gasteiger partial charge in [0.2, 0.25) is 0 Å². The van der Waals surface area contributed by atoms with Crippen LogP contribution in [0.2, 0.25) is 0 Å². The molecule has 1 aliphatic rings. The van der Waals surface area contributed by atoms with Crippen LogP contribution in [0.5, 0.6) is 0 Å². The van der Waals surface area contributed by atoms with Gasteiger partial charge in [0.25, 0.3) is 0 Å². The van der Waals surface area contributed by atoms with Crippen molar-refractivity contribution < 1.29 is 19.4 Å². The minimum absolute atomic E-state index is 0.361. The molecule has 0 aliphatic heterocycles. The summed E-state index contributed by atoms with van der Waals surface area (Å²) in [5, 5.41) is 9.05. The summed E-state index contributed by atoms with van der Waals surface area (Å²) in [6.07, 6.45) is 3.01. The normalized spacial score (nSPS) is 26.2. The molecule has 1 saturated carbocycles. The van der Waals surface area contributed by atoms with Gasteiger partial charge in [0.05, 0.1) is 11.8 Å². The van der Waals surface area contributed by atoms with Gasteiger partial charge in [-0.3, -0.25) is 9.59 Å². The van der Waals surface area contributed by atoms with Crippen LogP contribution in [0.4, 0.5) is 0 Å². The number of hydrogen-bond donors (Lipinski definition) is 1. The summed E-state index contributed by atoms with van der Waals surface area (Å²) >= 11 is 0. The second kappa shape index (κ2) is 4.85. The van der Waals surface area contributed by atoms with Crippen molar-refractivity contribution in [2.24, 2.45) is 11.8 Å². The lowest BCUT2D eigenvalue weighted by atomic mass is 9.79. The van der Waals surface area contributed by atoms with Crippen LogP contribution in [-0.4, -0.2) is 22.6 Å². The molecule has 4 nitrogen and oxygen atoms in total. The van der Waals surface area contributed by atoms with Crippen LogP contribution in [0.3, 0.4) is 0 Å². The zero-order valence-electron chi connectivity index (χ0n) is 10.2. The number of aliphatic carboxylic acids is 1.